The number of hydrogen-bond acceptors (Lipinski definition) is 5. The summed E-state index contributed by atoms with van der Waals surface area (Å²) in [5, 5.41) is 22.0. The zero-order valence-corrected chi connectivity index (χ0v) is 15.6. The molecule has 3 rings (SSSR count). The van der Waals surface area contributed by atoms with E-state index < -0.39 is 11.0 Å². The highest BCUT2D eigenvalue weighted by Gasteiger charge is 2.23. The Morgan fingerprint density at radius 1 is 1.22 bits per heavy atom. The molecular weight excluding hydrogens is 370 g/mol. The van der Waals surface area contributed by atoms with E-state index >= 15 is 0 Å². The minimum atomic E-state index is -0.683. The highest BCUT2D eigenvalue weighted by molar-refractivity contribution is 6.30. The Kier molecular flexibility index (Phi) is 6.49. The lowest BCUT2D eigenvalue weighted by Crippen LogP contribution is -3.16. The first-order valence-electron chi connectivity index (χ1n) is 8.91. The fourth-order valence-electron chi connectivity index (χ4n) is 3.27. The number of halogens is 1. The zero-order valence-electron chi connectivity index (χ0n) is 14.9. The molecule has 2 aromatic rings. The van der Waals surface area contributed by atoms with Gasteiger partial charge in [0.2, 0.25) is 0 Å². The number of aliphatic hydroxyl groups is 1. The first-order valence-corrected chi connectivity index (χ1v) is 9.29. The molecule has 0 spiro atoms. The van der Waals surface area contributed by atoms with Crippen LogP contribution in [-0.2, 0) is 0 Å². The predicted octanol–water partition coefficient (Wildman–Crippen LogP) is 1.39. The Morgan fingerprint density at radius 3 is 2.67 bits per heavy atom. The maximum Gasteiger partial charge on any atom is 0.310 e. The van der Waals surface area contributed by atoms with Crippen molar-refractivity contribution in [2.45, 2.75) is 6.10 Å². The molecule has 1 atom stereocenters. The van der Waals surface area contributed by atoms with Gasteiger partial charge in [-0.05, 0) is 24.3 Å². The van der Waals surface area contributed by atoms with Gasteiger partial charge in [-0.15, -0.1) is 0 Å². The van der Waals surface area contributed by atoms with Crippen LogP contribution >= 0.6 is 11.6 Å². The van der Waals surface area contributed by atoms with Crippen LogP contribution in [0, 0.1) is 10.1 Å². The summed E-state index contributed by atoms with van der Waals surface area (Å²) in [6, 6.07) is 14.0. The predicted molar refractivity (Wildman–Crippen MR) is 104 cm³/mol. The van der Waals surface area contributed by atoms with Gasteiger partial charge in [-0.1, -0.05) is 29.8 Å². The number of nitrogens with one attached hydrogen (secondary N) is 1. The van der Waals surface area contributed by atoms with E-state index in [1.807, 2.05) is 24.3 Å². The van der Waals surface area contributed by atoms with E-state index in [9.17, 15) is 15.2 Å². The van der Waals surface area contributed by atoms with E-state index in [-0.39, 0.29) is 18.0 Å². The molecule has 0 saturated carbocycles. The Balaban J connectivity index is 1.46. The van der Waals surface area contributed by atoms with Crippen LogP contribution in [0.3, 0.4) is 0 Å². The van der Waals surface area contributed by atoms with Crippen molar-refractivity contribution in [2.24, 2.45) is 0 Å². The van der Waals surface area contributed by atoms with Gasteiger partial charge in [0.1, 0.15) is 19.3 Å². The van der Waals surface area contributed by atoms with E-state index in [0.717, 1.165) is 36.9 Å². The van der Waals surface area contributed by atoms with Crippen LogP contribution in [0.2, 0.25) is 5.02 Å². The first-order chi connectivity index (χ1) is 13.0. The highest BCUT2D eigenvalue weighted by Crippen LogP contribution is 2.25. The fraction of sp³-hybridized carbons (Fsp3) is 0.368. The normalized spacial score (nSPS) is 16.1. The number of benzene rings is 2. The molecular formula is C19H23ClN3O4+. The number of ether oxygens (including phenoxy) is 1. The molecule has 1 aliphatic heterocycles. The molecule has 1 fully saturated rings. The Bertz CT molecular complexity index is 781. The van der Waals surface area contributed by atoms with Gasteiger partial charge in [-0.25, -0.2) is 0 Å². The Labute approximate surface area is 162 Å². The van der Waals surface area contributed by atoms with Crippen molar-refractivity contribution in [3.63, 3.8) is 0 Å². The number of piperazine rings is 1. The van der Waals surface area contributed by atoms with Crippen molar-refractivity contribution in [1.29, 1.82) is 0 Å². The van der Waals surface area contributed by atoms with Crippen molar-refractivity contribution in [3.05, 3.63) is 63.7 Å². The van der Waals surface area contributed by atoms with Gasteiger partial charge in [0.15, 0.2) is 5.75 Å². The number of rotatable bonds is 7. The van der Waals surface area contributed by atoms with Crippen LogP contribution in [0.4, 0.5) is 11.4 Å². The second kappa shape index (κ2) is 9.03. The smallest absolute Gasteiger partial charge is 0.310 e. The van der Waals surface area contributed by atoms with E-state index in [1.165, 1.54) is 11.0 Å². The zero-order chi connectivity index (χ0) is 19.2. The molecule has 0 bridgehead atoms. The van der Waals surface area contributed by atoms with Gasteiger partial charge in [0.25, 0.3) is 0 Å². The lowest BCUT2D eigenvalue weighted by atomic mass is 10.2. The molecule has 0 radical (unpaired) electrons. The van der Waals surface area contributed by atoms with Gasteiger partial charge in [-0.3, -0.25) is 10.1 Å². The van der Waals surface area contributed by atoms with E-state index in [4.69, 9.17) is 16.3 Å². The number of aliphatic hydroxyl groups excluding tert-OH is 1. The number of nitro groups is 1. The number of nitro benzene ring substituents is 1. The molecule has 27 heavy (non-hydrogen) atoms. The van der Waals surface area contributed by atoms with Crippen LogP contribution in [0.15, 0.2) is 48.5 Å². The molecule has 2 aromatic carbocycles. The van der Waals surface area contributed by atoms with Crippen molar-refractivity contribution >= 4 is 23.0 Å². The van der Waals surface area contributed by atoms with Crippen LogP contribution < -0.4 is 14.5 Å². The number of nitrogens with zero attached hydrogens (tertiary/aromatic N) is 2. The van der Waals surface area contributed by atoms with Crippen LogP contribution in [0.5, 0.6) is 5.75 Å². The summed E-state index contributed by atoms with van der Waals surface area (Å²) in [6.45, 7) is 4.14. The minimum absolute atomic E-state index is 0.0341. The van der Waals surface area contributed by atoms with Gasteiger partial charge in [0.05, 0.1) is 31.1 Å². The first kappa shape index (κ1) is 19.4. The summed E-state index contributed by atoms with van der Waals surface area (Å²) >= 11 is 6.06. The molecule has 1 heterocycles. The molecule has 0 unspecified atom stereocenters. The highest BCUT2D eigenvalue weighted by atomic mass is 35.5. The molecule has 7 nitrogen and oxygen atoms in total. The van der Waals surface area contributed by atoms with Crippen molar-refractivity contribution in [1.82, 2.24) is 0 Å². The summed E-state index contributed by atoms with van der Waals surface area (Å²) in [7, 11) is 0. The molecule has 1 aliphatic rings. The number of quaternary nitrogens is 1. The van der Waals surface area contributed by atoms with E-state index in [0.29, 0.717) is 6.54 Å². The summed E-state index contributed by atoms with van der Waals surface area (Å²) in [6.07, 6.45) is -0.683. The molecule has 0 aliphatic carbocycles. The monoisotopic (exact) mass is 392 g/mol. The van der Waals surface area contributed by atoms with Crippen LogP contribution in [-0.4, -0.2) is 55.5 Å². The van der Waals surface area contributed by atoms with Crippen molar-refractivity contribution in [2.75, 3.05) is 44.2 Å². The quantitative estimate of drug-likeness (QED) is 0.550. The minimum Gasteiger partial charge on any atom is -0.484 e. The van der Waals surface area contributed by atoms with Gasteiger partial charge in [0, 0.05) is 16.8 Å². The average molecular weight is 393 g/mol. The van der Waals surface area contributed by atoms with E-state index in [1.54, 1.807) is 18.2 Å². The molecule has 0 amide bonds. The van der Waals surface area contributed by atoms with Gasteiger partial charge >= 0.3 is 5.69 Å². The summed E-state index contributed by atoms with van der Waals surface area (Å²) in [5.74, 6) is 0.183. The second-order valence-electron chi connectivity index (χ2n) is 6.61. The maximum absolute atomic E-state index is 11.0. The third kappa shape index (κ3) is 5.32. The molecule has 8 heteroatoms. The largest absolute Gasteiger partial charge is 0.484 e. The lowest BCUT2D eigenvalue weighted by molar-refractivity contribution is -0.903. The third-order valence-corrected chi connectivity index (χ3v) is 4.90. The van der Waals surface area contributed by atoms with Gasteiger partial charge < -0.3 is 19.6 Å². The summed E-state index contributed by atoms with van der Waals surface area (Å²) in [5.41, 5.74) is 1.02. The topological polar surface area (TPSA) is 80.3 Å². The standard InChI is InChI=1S/C19H22ClN3O4/c20-15-4-3-5-16(12-15)22-10-8-21(9-11-22)13-17(24)14-27-19-7-2-1-6-18(19)23(25)26/h1-7,12,17,24H,8-11,13-14H2/p+1/t17-/m0/s1. The van der Waals surface area contributed by atoms with Crippen LogP contribution in [0.1, 0.15) is 0 Å². The maximum atomic E-state index is 11.0. The fourth-order valence-corrected chi connectivity index (χ4v) is 3.45. The molecule has 2 N–H and O–H groups in total. The van der Waals surface area contributed by atoms with Crippen molar-refractivity contribution < 1.29 is 19.7 Å². The summed E-state index contributed by atoms with van der Waals surface area (Å²) in [4.78, 5) is 14.1. The van der Waals surface area contributed by atoms with Crippen LogP contribution in [0.25, 0.3) is 0 Å². The number of para-hydroxylation sites is 2. The summed E-state index contributed by atoms with van der Waals surface area (Å²) < 4.78 is 5.48. The number of anilines is 1. The average Bonchev–Trinajstić information content (AvgIpc) is 2.67. The second-order valence-corrected chi connectivity index (χ2v) is 7.05. The molecule has 1 saturated heterocycles. The molecule has 144 valence electrons. The lowest BCUT2D eigenvalue weighted by Gasteiger charge is -2.34. The third-order valence-electron chi connectivity index (χ3n) is 4.66. The van der Waals surface area contributed by atoms with Crippen molar-refractivity contribution in [3.8, 4) is 5.75 Å². The SMILES string of the molecule is O=[N+]([O-])c1ccccc1OC[C@@H](O)C[NH+]1CCN(c2cccc(Cl)c2)CC1. The Morgan fingerprint density at radius 2 is 1.96 bits per heavy atom. The Hall–Kier alpha value is -2.35. The van der Waals surface area contributed by atoms with Gasteiger partial charge in [-0.2, -0.15) is 0 Å². The number of hydrogen-bond donors (Lipinski definition) is 2. The van der Waals surface area contributed by atoms with E-state index in [2.05, 4.69) is 4.90 Å². The molecule has 0 aromatic heterocycles.